The van der Waals surface area contributed by atoms with Crippen molar-refractivity contribution in [2.45, 2.75) is 12.8 Å². The fraction of sp³-hybridized carbons (Fsp3) is 0.200. The van der Waals surface area contributed by atoms with Gasteiger partial charge in [0.15, 0.2) is 17.3 Å². The molecule has 0 aliphatic rings. The second-order valence-electron chi connectivity index (χ2n) is 6.42. The van der Waals surface area contributed by atoms with Gasteiger partial charge in [0.1, 0.15) is 5.52 Å². The summed E-state index contributed by atoms with van der Waals surface area (Å²) in [5.41, 5.74) is 2.90. The Morgan fingerprint density at radius 1 is 1.18 bits per heavy atom. The van der Waals surface area contributed by atoms with Crippen LogP contribution in [0.25, 0.3) is 11.1 Å². The summed E-state index contributed by atoms with van der Waals surface area (Å²) in [6.45, 7) is 0.483. The number of carbonyl (C=O) groups is 1. The molecular formula is C20H17ClN4O3. The highest BCUT2D eigenvalue weighted by molar-refractivity contribution is 6.30. The molecule has 4 aromatic rings. The number of halogens is 1. The van der Waals surface area contributed by atoms with Gasteiger partial charge in [-0.05, 0) is 35.9 Å². The van der Waals surface area contributed by atoms with E-state index in [2.05, 4.69) is 15.1 Å². The number of hydrogen-bond donors (Lipinski definition) is 0. The second kappa shape index (κ2) is 7.82. The summed E-state index contributed by atoms with van der Waals surface area (Å²) in [6, 6.07) is 12.8. The zero-order chi connectivity index (χ0) is 19.5. The number of benzene rings is 2. The van der Waals surface area contributed by atoms with Crippen molar-refractivity contribution >= 4 is 28.6 Å². The minimum atomic E-state index is -0.104. The number of oxazole rings is 1. The molecule has 0 N–H and O–H groups in total. The quantitative estimate of drug-likeness (QED) is 0.493. The number of hydrogen-bond acceptors (Lipinski definition) is 6. The van der Waals surface area contributed by atoms with Gasteiger partial charge in [-0.1, -0.05) is 28.9 Å². The van der Waals surface area contributed by atoms with Crippen LogP contribution in [0.4, 0.5) is 0 Å². The highest BCUT2D eigenvalue weighted by Gasteiger charge is 2.15. The topological polar surface area (TPSA) is 85.3 Å². The van der Waals surface area contributed by atoms with E-state index in [9.17, 15) is 4.79 Å². The molecule has 28 heavy (non-hydrogen) atoms. The average Bonchev–Trinajstić information content (AvgIpc) is 3.35. The average molecular weight is 397 g/mol. The maximum Gasteiger partial charge on any atom is 0.253 e. The molecule has 0 unspecified atom stereocenters. The standard InChI is InChI=1S/C20H17ClN4O3/c1-25(9-8-18-22-12-27-24-18)20(26)14-4-7-17-16(11-14)23-19(28-17)10-13-2-5-15(21)6-3-13/h2-7,11-12H,8-10H2,1H3. The molecule has 0 aliphatic heterocycles. The van der Waals surface area contributed by atoms with E-state index in [0.29, 0.717) is 52.8 Å². The highest BCUT2D eigenvalue weighted by atomic mass is 35.5. The van der Waals surface area contributed by atoms with Gasteiger partial charge in [0.2, 0.25) is 6.39 Å². The van der Waals surface area contributed by atoms with Gasteiger partial charge in [-0.15, -0.1) is 0 Å². The van der Waals surface area contributed by atoms with Crippen LogP contribution in [0.2, 0.25) is 5.02 Å². The molecule has 0 spiro atoms. The fourth-order valence-corrected chi connectivity index (χ4v) is 2.98. The highest BCUT2D eigenvalue weighted by Crippen LogP contribution is 2.21. The molecule has 0 saturated carbocycles. The number of nitrogens with zero attached hydrogens (tertiary/aromatic N) is 4. The largest absolute Gasteiger partial charge is 0.440 e. The van der Waals surface area contributed by atoms with Crippen molar-refractivity contribution in [1.29, 1.82) is 0 Å². The van der Waals surface area contributed by atoms with E-state index in [1.165, 1.54) is 6.39 Å². The van der Waals surface area contributed by atoms with Crippen LogP contribution in [-0.2, 0) is 12.8 Å². The minimum Gasteiger partial charge on any atom is -0.440 e. The van der Waals surface area contributed by atoms with Crippen LogP contribution in [0.1, 0.15) is 27.6 Å². The fourth-order valence-electron chi connectivity index (χ4n) is 2.85. The maximum atomic E-state index is 12.7. The van der Waals surface area contributed by atoms with Crippen molar-refractivity contribution in [3.8, 4) is 0 Å². The number of carbonyl (C=O) groups excluding carboxylic acids is 1. The van der Waals surface area contributed by atoms with E-state index in [1.54, 1.807) is 30.1 Å². The normalized spacial score (nSPS) is 11.1. The first-order chi connectivity index (χ1) is 13.6. The van der Waals surface area contributed by atoms with Crippen molar-refractivity contribution < 1.29 is 13.7 Å². The Morgan fingerprint density at radius 3 is 2.75 bits per heavy atom. The zero-order valence-electron chi connectivity index (χ0n) is 15.1. The molecule has 0 radical (unpaired) electrons. The summed E-state index contributed by atoms with van der Waals surface area (Å²) >= 11 is 5.92. The predicted molar refractivity (Wildman–Crippen MR) is 103 cm³/mol. The molecule has 4 rings (SSSR count). The van der Waals surface area contributed by atoms with Crippen molar-refractivity contribution in [1.82, 2.24) is 20.0 Å². The van der Waals surface area contributed by atoms with E-state index < -0.39 is 0 Å². The molecule has 142 valence electrons. The van der Waals surface area contributed by atoms with Crippen LogP contribution in [0, 0.1) is 0 Å². The van der Waals surface area contributed by atoms with Gasteiger partial charge in [0, 0.05) is 37.0 Å². The summed E-state index contributed by atoms with van der Waals surface area (Å²) in [7, 11) is 1.74. The van der Waals surface area contributed by atoms with Crippen molar-refractivity contribution in [2.24, 2.45) is 0 Å². The first kappa shape index (κ1) is 18.2. The summed E-state index contributed by atoms with van der Waals surface area (Å²) in [5, 5.41) is 4.44. The van der Waals surface area contributed by atoms with E-state index in [1.807, 2.05) is 24.3 Å². The van der Waals surface area contributed by atoms with Crippen LogP contribution < -0.4 is 0 Å². The monoisotopic (exact) mass is 396 g/mol. The number of rotatable bonds is 6. The third-order valence-corrected chi connectivity index (χ3v) is 4.62. The van der Waals surface area contributed by atoms with Gasteiger partial charge in [-0.2, -0.15) is 4.98 Å². The lowest BCUT2D eigenvalue weighted by molar-refractivity contribution is 0.0796. The van der Waals surface area contributed by atoms with Crippen molar-refractivity contribution in [2.75, 3.05) is 13.6 Å². The molecular weight excluding hydrogens is 380 g/mol. The Kier molecular flexibility index (Phi) is 5.08. The van der Waals surface area contributed by atoms with Gasteiger partial charge in [0.25, 0.3) is 5.91 Å². The SMILES string of the molecule is CN(CCc1ncon1)C(=O)c1ccc2oc(Cc3ccc(Cl)cc3)nc2c1. The number of aromatic nitrogens is 3. The van der Waals surface area contributed by atoms with Crippen molar-refractivity contribution in [3.63, 3.8) is 0 Å². The summed E-state index contributed by atoms with van der Waals surface area (Å²) < 4.78 is 10.5. The first-order valence-corrected chi connectivity index (χ1v) is 9.11. The Hall–Kier alpha value is -3.19. The third kappa shape index (κ3) is 4.04. The number of fused-ring (bicyclic) bond motifs is 1. The molecule has 1 amide bonds. The van der Waals surface area contributed by atoms with E-state index in [0.717, 1.165) is 5.56 Å². The summed E-state index contributed by atoms with van der Waals surface area (Å²) in [5.74, 6) is 1.05. The molecule has 2 aromatic heterocycles. The number of amides is 1. The minimum absolute atomic E-state index is 0.104. The van der Waals surface area contributed by atoms with Crippen LogP contribution >= 0.6 is 11.6 Å². The Bertz CT molecular complexity index is 1090. The lowest BCUT2D eigenvalue weighted by Gasteiger charge is -2.16. The molecule has 7 nitrogen and oxygen atoms in total. The Labute approximate surface area is 165 Å². The van der Waals surface area contributed by atoms with Gasteiger partial charge in [-0.25, -0.2) is 4.98 Å². The van der Waals surface area contributed by atoms with E-state index in [-0.39, 0.29) is 5.91 Å². The molecule has 2 aromatic carbocycles. The Balaban J connectivity index is 1.47. The lowest BCUT2D eigenvalue weighted by atomic mass is 10.1. The van der Waals surface area contributed by atoms with Gasteiger partial charge >= 0.3 is 0 Å². The maximum absolute atomic E-state index is 12.7. The second-order valence-corrected chi connectivity index (χ2v) is 6.85. The predicted octanol–water partition coefficient (Wildman–Crippen LogP) is 3.77. The van der Waals surface area contributed by atoms with Crippen LogP contribution in [0.3, 0.4) is 0 Å². The smallest absolute Gasteiger partial charge is 0.253 e. The van der Waals surface area contributed by atoms with Crippen LogP contribution in [0.5, 0.6) is 0 Å². The number of likely N-dealkylation sites (N-methyl/N-ethyl adjacent to an activating group) is 1. The summed E-state index contributed by atoms with van der Waals surface area (Å²) in [4.78, 5) is 22.8. The Morgan fingerprint density at radius 2 is 2.00 bits per heavy atom. The molecule has 0 aliphatic carbocycles. The van der Waals surface area contributed by atoms with Gasteiger partial charge < -0.3 is 13.8 Å². The zero-order valence-corrected chi connectivity index (χ0v) is 15.9. The lowest BCUT2D eigenvalue weighted by Crippen LogP contribution is -2.29. The molecule has 2 heterocycles. The van der Waals surface area contributed by atoms with Crippen LogP contribution in [-0.4, -0.2) is 39.5 Å². The molecule has 8 heteroatoms. The first-order valence-electron chi connectivity index (χ1n) is 8.73. The molecule has 0 atom stereocenters. The summed E-state index contributed by atoms with van der Waals surface area (Å²) in [6.07, 6.45) is 2.35. The molecule has 0 bridgehead atoms. The molecule has 0 saturated heterocycles. The third-order valence-electron chi connectivity index (χ3n) is 4.37. The van der Waals surface area contributed by atoms with E-state index in [4.69, 9.17) is 20.5 Å². The van der Waals surface area contributed by atoms with Gasteiger partial charge in [-0.3, -0.25) is 4.79 Å². The van der Waals surface area contributed by atoms with Crippen LogP contribution in [0.15, 0.2) is 57.8 Å². The van der Waals surface area contributed by atoms with Crippen molar-refractivity contribution in [3.05, 3.63) is 76.7 Å². The van der Waals surface area contributed by atoms with Gasteiger partial charge in [0.05, 0.1) is 0 Å². The molecule has 0 fully saturated rings. The van der Waals surface area contributed by atoms with E-state index >= 15 is 0 Å².